The summed E-state index contributed by atoms with van der Waals surface area (Å²) < 4.78 is 10.6. The summed E-state index contributed by atoms with van der Waals surface area (Å²) in [5.74, 6) is -1.94. The number of imide groups is 1. The number of esters is 2. The first kappa shape index (κ1) is 27.9. The largest absolute Gasteiger partial charge is 0.454 e. The Balaban J connectivity index is 0.991. The van der Waals surface area contributed by atoms with Gasteiger partial charge in [0, 0.05) is 5.56 Å². The van der Waals surface area contributed by atoms with Crippen LogP contribution in [0.3, 0.4) is 0 Å². The van der Waals surface area contributed by atoms with Crippen molar-refractivity contribution < 1.29 is 33.4 Å². The van der Waals surface area contributed by atoms with Gasteiger partial charge in [-0.25, -0.2) is 9.59 Å². The molecular formula is C35H27NO7S. The van der Waals surface area contributed by atoms with Gasteiger partial charge in [0.15, 0.2) is 12.4 Å². The molecule has 5 atom stereocenters. The van der Waals surface area contributed by atoms with Crippen LogP contribution in [-0.2, 0) is 14.3 Å². The first-order chi connectivity index (χ1) is 21.4. The number of fused-ring (bicyclic) bond motifs is 5. The lowest BCUT2D eigenvalue weighted by Gasteiger charge is -2.28. The number of benzene rings is 3. The standard InChI is InChI=1S/C35H27NO7S/c37-28(21-11-13-25(14-12-21)43-35(41)29-10-5-15-44-29)19-42-34(40)22-8-4-9-24(16-22)36-32(38)30-23-17-26(20-6-2-1-3-7-20)27(18-23)31(30)33(36)39/h1-16,23,26-27,30-31H,17-19H2/t23-,26-,27+,30+,31+/m0/s1. The summed E-state index contributed by atoms with van der Waals surface area (Å²) >= 11 is 1.27. The van der Waals surface area contributed by atoms with Crippen LogP contribution in [0.15, 0.2) is 96.4 Å². The van der Waals surface area contributed by atoms with E-state index in [9.17, 15) is 24.0 Å². The van der Waals surface area contributed by atoms with Gasteiger partial charge in [-0.2, -0.15) is 0 Å². The van der Waals surface area contributed by atoms with E-state index in [1.165, 1.54) is 58.2 Å². The maximum Gasteiger partial charge on any atom is 0.353 e. The Morgan fingerprint density at radius 1 is 0.773 bits per heavy atom. The highest BCUT2D eigenvalue weighted by molar-refractivity contribution is 7.12. The van der Waals surface area contributed by atoms with Crippen molar-refractivity contribution in [3.05, 3.63) is 118 Å². The zero-order valence-corrected chi connectivity index (χ0v) is 24.3. The first-order valence-corrected chi connectivity index (χ1v) is 15.4. The van der Waals surface area contributed by atoms with Gasteiger partial charge >= 0.3 is 11.9 Å². The monoisotopic (exact) mass is 605 g/mol. The normalized spacial score (nSPS) is 23.5. The summed E-state index contributed by atoms with van der Waals surface area (Å²) in [7, 11) is 0. The molecule has 1 aliphatic heterocycles. The van der Waals surface area contributed by atoms with Gasteiger partial charge in [0.2, 0.25) is 11.8 Å². The van der Waals surface area contributed by atoms with Crippen molar-refractivity contribution in [1.29, 1.82) is 0 Å². The average molecular weight is 606 g/mol. The van der Waals surface area contributed by atoms with Crippen LogP contribution in [0.1, 0.15) is 54.7 Å². The molecule has 3 aromatic carbocycles. The molecule has 8 nitrogen and oxygen atoms in total. The van der Waals surface area contributed by atoms with Crippen molar-refractivity contribution in [1.82, 2.24) is 0 Å². The van der Waals surface area contributed by atoms with Crippen LogP contribution >= 0.6 is 11.3 Å². The van der Waals surface area contributed by atoms with E-state index in [2.05, 4.69) is 12.1 Å². The number of hydrogen-bond acceptors (Lipinski definition) is 8. The number of ketones is 1. The van der Waals surface area contributed by atoms with E-state index in [4.69, 9.17) is 9.47 Å². The van der Waals surface area contributed by atoms with Crippen molar-refractivity contribution in [3.63, 3.8) is 0 Å². The molecule has 2 bridgehead atoms. The summed E-state index contributed by atoms with van der Waals surface area (Å²) in [6, 6.07) is 25.8. The molecule has 2 amide bonds. The van der Waals surface area contributed by atoms with E-state index in [1.54, 1.807) is 29.6 Å². The van der Waals surface area contributed by atoms with Crippen LogP contribution in [0.5, 0.6) is 5.75 Å². The van der Waals surface area contributed by atoms with E-state index in [0.29, 0.717) is 10.6 Å². The second-order valence-corrected chi connectivity index (χ2v) is 12.4. The number of nitrogens with zero attached hydrogens (tertiary/aromatic N) is 1. The molecule has 0 N–H and O–H groups in total. The lowest BCUT2D eigenvalue weighted by molar-refractivity contribution is -0.123. The van der Waals surface area contributed by atoms with E-state index < -0.39 is 24.3 Å². The SMILES string of the molecule is O=C(COC(=O)c1cccc(N2C(=O)[C@@H]3[C@@H]4C[C@@H]([C@H]3C2=O)[C@H](c2ccccc2)C4)c1)c1ccc(OC(=O)c2cccs2)cc1. The number of Topliss-reactive ketones (excluding diaryl/α,β-unsaturated/α-hetero) is 1. The third kappa shape index (κ3) is 4.93. The zero-order chi connectivity index (χ0) is 30.4. The fourth-order valence-electron chi connectivity index (χ4n) is 7.13. The molecule has 220 valence electrons. The Kier molecular flexibility index (Phi) is 7.18. The van der Waals surface area contributed by atoms with E-state index >= 15 is 0 Å². The van der Waals surface area contributed by atoms with Crippen molar-refractivity contribution in [2.24, 2.45) is 23.7 Å². The summed E-state index contributed by atoms with van der Waals surface area (Å²) in [5, 5.41) is 1.77. The Morgan fingerprint density at radius 3 is 2.30 bits per heavy atom. The predicted molar refractivity (Wildman–Crippen MR) is 162 cm³/mol. The van der Waals surface area contributed by atoms with Gasteiger partial charge in [0.05, 0.1) is 23.1 Å². The van der Waals surface area contributed by atoms with Gasteiger partial charge in [0.1, 0.15) is 10.6 Å². The van der Waals surface area contributed by atoms with Gasteiger partial charge in [-0.1, -0.05) is 42.5 Å². The number of thiophene rings is 1. The van der Waals surface area contributed by atoms with Gasteiger partial charge in [0.25, 0.3) is 0 Å². The fourth-order valence-corrected chi connectivity index (χ4v) is 7.73. The molecule has 2 aliphatic carbocycles. The molecular weight excluding hydrogens is 578 g/mol. The highest BCUT2D eigenvalue weighted by atomic mass is 32.1. The minimum atomic E-state index is -0.745. The second-order valence-electron chi connectivity index (χ2n) is 11.4. The van der Waals surface area contributed by atoms with Crippen molar-refractivity contribution >= 4 is 46.6 Å². The Morgan fingerprint density at radius 2 is 1.55 bits per heavy atom. The third-order valence-electron chi connectivity index (χ3n) is 9.03. The van der Waals surface area contributed by atoms with Gasteiger partial charge in [-0.3, -0.25) is 19.3 Å². The number of anilines is 1. The molecule has 2 heterocycles. The molecule has 1 saturated heterocycles. The van der Waals surface area contributed by atoms with E-state index in [1.807, 2.05) is 18.2 Å². The van der Waals surface area contributed by atoms with Crippen LogP contribution in [0.4, 0.5) is 5.69 Å². The Labute approximate surface area is 257 Å². The Hall–Kier alpha value is -4.89. The molecule has 3 aliphatic rings. The summed E-state index contributed by atoms with van der Waals surface area (Å²) in [6.45, 7) is -0.507. The van der Waals surface area contributed by atoms with Crippen LogP contribution in [-0.4, -0.2) is 36.1 Å². The summed E-state index contributed by atoms with van der Waals surface area (Å²) in [6.07, 6.45) is 1.77. The average Bonchev–Trinajstić information content (AvgIpc) is 3.85. The maximum absolute atomic E-state index is 13.7. The quantitative estimate of drug-likeness (QED) is 0.106. The molecule has 0 radical (unpaired) electrons. The number of ether oxygens (including phenoxy) is 2. The molecule has 9 heteroatoms. The van der Waals surface area contributed by atoms with Crippen LogP contribution in [0.25, 0.3) is 0 Å². The van der Waals surface area contributed by atoms with Crippen LogP contribution in [0.2, 0.25) is 0 Å². The van der Waals surface area contributed by atoms with Crippen LogP contribution in [0, 0.1) is 23.7 Å². The third-order valence-corrected chi connectivity index (χ3v) is 9.88. The van der Waals surface area contributed by atoms with Gasteiger partial charge in [-0.05, 0) is 90.1 Å². The summed E-state index contributed by atoms with van der Waals surface area (Å²) in [5.41, 5.74) is 1.96. The molecule has 4 aromatic rings. The lowest BCUT2D eigenvalue weighted by Crippen LogP contribution is -2.33. The van der Waals surface area contributed by atoms with Crippen LogP contribution < -0.4 is 9.64 Å². The molecule has 0 spiro atoms. The minimum absolute atomic E-state index is 0.120. The zero-order valence-electron chi connectivity index (χ0n) is 23.5. The van der Waals surface area contributed by atoms with Crippen molar-refractivity contribution in [2.45, 2.75) is 18.8 Å². The topological polar surface area (TPSA) is 107 Å². The molecule has 0 unspecified atom stereocenters. The van der Waals surface area contributed by atoms with Crippen molar-refractivity contribution in [2.75, 3.05) is 11.5 Å². The molecule has 1 aromatic heterocycles. The smallest absolute Gasteiger partial charge is 0.353 e. The molecule has 7 rings (SSSR count). The maximum atomic E-state index is 13.7. The highest BCUT2D eigenvalue weighted by Crippen LogP contribution is 2.61. The minimum Gasteiger partial charge on any atom is -0.454 e. The fraction of sp³-hybridized carbons (Fsp3) is 0.229. The number of hydrogen-bond donors (Lipinski definition) is 0. The number of carbonyl (C=O) groups is 5. The molecule has 44 heavy (non-hydrogen) atoms. The lowest BCUT2D eigenvalue weighted by atomic mass is 9.73. The first-order valence-electron chi connectivity index (χ1n) is 14.5. The molecule has 3 fully saturated rings. The summed E-state index contributed by atoms with van der Waals surface area (Å²) in [4.78, 5) is 66.6. The predicted octanol–water partition coefficient (Wildman–Crippen LogP) is 5.94. The van der Waals surface area contributed by atoms with Gasteiger partial charge in [-0.15, -0.1) is 11.3 Å². The Bertz CT molecular complexity index is 1770. The number of carbonyl (C=O) groups excluding carboxylic acids is 5. The van der Waals surface area contributed by atoms with E-state index in [-0.39, 0.29) is 58.3 Å². The van der Waals surface area contributed by atoms with Gasteiger partial charge < -0.3 is 9.47 Å². The highest BCUT2D eigenvalue weighted by Gasteiger charge is 2.64. The van der Waals surface area contributed by atoms with Crippen molar-refractivity contribution in [3.8, 4) is 5.75 Å². The van der Waals surface area contributed by atoms with E-state index in [0.717, 1.165) is 12.8 Å². The second kappa shape index (κ2) is 11.3. The molecule has 2 saturated carbocycles. The number of amides is 2. The number of rotatable bonds is 8.